The Bertz CT molecular complexity index is 530. The molecule has 0 unspecified atom stereocenters. The third-order valence-corrected chi connectivity index (χ3v) is 2.96. The molecule has 0 atom stereocenters. The van der Waals surface area contributed by atoms with Gasteiger partial charge in [-0.05, 0) is 19.4 Å². The molecule has 17 heavy (non-hydrogen) atoms. The highest BCUT2D eigenvalue weighted by molar-refractivity contribution is 5.80. The summed E-state index contributed by atoms with van der Waals surface area (Å²) in [4.78, 5) is 0. The molecule has 0 saturated heterocycles. The van der Waals surface area contributed by atoms with Crippen LogP contribution in [0.25, 0.3) is 11.1 Å². The fourth-order valence-corrected chi connectivity index (χ4v) is 1.91. The van der Waals surface area contributed by atoms with Crippen LogP contribution in [-0.2, 0) is 0 Å². The Morgan fingerprint density at radius 1 is 0.706 bits per heavy atom. The van der Waals surface area contributed by atoms with Gasteiger partial charge < -0.3 is 15.3 Å². The number of hydrogen-bond acceptors (Lipinski definition) is 3. The second-order valence-electron chi connectivity index (χ2n) is 4.04. The highest BCUT2D eigenvalue weighted by Crippen LogP contribution is 2.45. The first-order valence-electron chi connectivity index (χ1n) is 5.33. The maximum atomic E-state index is 10.1. The number of rotatable bonds is 1. The predicted octanol–water partition coefficient (Wildman–Crippen LogP) is 3.09. The number of phenolic OH excluding ortho intramolecular Hbond substituents is 3. The second-order valence-corrected chi connectivity index (χ2v) is 4.04. The number of phenols is 3. The Balaban J connectivity index is 2.80. The molecule has 0 fully saturated rings. The average molecular weight is 230 g/mol. The van der Waals surface area contributed by atoms with Crippen molar-refractivity contribution in [1.82, 2.24) is 0 Å². The van der Waals surface area contributed by atoms with E-state index in [4.69, 9.17) is 0 Å². The normalized spacial score (nSPS) is 10.5. The van der Waals surface area contributed by atoms with E-state index in [0.29, 0.717) is 11.1 Å². The third-order valence-electron chi connectivity index (χ3n) is 2.96. The first-order chi connectivity index (χ1) is 8.04. The molecule has 2 aromatic carbocycles. The zero-order valence-corrected chi connectivity index (χ0v) is 9.73. The molecule has 0 aromatic heterocycles. The molecule has 3 nitrogen and oxygen atoms in total. The van der Waals surface area contributed by atoms with Crippen molar-refractivity contribution in [3.8, 4) is 28.4 Å². The zero-order valence-electron chi connectivity index (χ0n) is 9.73. The van der Waals surface area contributed by atoms with Crippen LogP contribution in [-0.4, -0.2) is 15.3 Å². The monoisotopic (exact) mass is 230 g/mol. The first-order valence-corrected chi connectivity index (χ1v) is 5.33. The van der Waals surface area contributed by atoms with E-state index in [9.17, 15) is 15.3 Å². The zero-order chi connectivity index (χ0) is 12.6. The number of aromatic hydroxyl groups is 3. The van der Waals surface area contributed by atoms with Crippen molar-refractivity contribution in [2.24, 2.45) is 0 Å². The van der Waals surface area contributed by atoms with Crippen LogP contribution in [0, 0.1) is 13.8 Å². The van der Waals surface area contributed by atoms with Gasteiger partial charge in [-0.3, -0.25) is 0 Å². The molecule has 0 heterocycles. The molecular formula is C14H14O3. The molecule has 0 radical (unpaired) electrons. The van der Waals surface area contributed by atoms with Crippen molar-refractivity contribution in [3.05, 3.63) is 41.5 Å². The predicted molar refractivity (Wildman–Crippen MR) is 66.3 cm³/mol. The lowest BCUT2D eigenvalue weighted by Gasteiger charge is -2.14. The Morgan fingerprint density at radius 3 is 1.82 bits per heavy atom. The lowest BCUT2D eigenvalue weighted by atomic mass is 9.95. The molecule has 3 N–H and O–H groups in total. The van der Waals surface area contributed by atoms with Crippen molar-refractivity contribution >= 4 is 0 Å². The minimum absolute atomic E-state index is 0.00370. The van der Waals surface area contributed by atoms with Crippen molar-refractivity contribution in [1.29, 1.82) is 0 Å². The number of benzene rings is 2. The van der Waals surface area contributed by atoms with Crippen LogP contribution in [0.2, 0.25) is 0 Å². The molecule has 0 spiro atoms. The SMILES string of the molecule is Cc1c(O)c(O)c(C)c(-c2ccccc2)c1O. The second kappa shape index (κ2) is 4.01. The molecule has 2 aromatic rings. The maximum Gasteiger partial charge on any atom is 0.164 e. The Hall–Kier alpha value is -2.16. The summed E-state index contributed by atoms with van der Waals surface area (Å²) >= 11 is 0. The summed E-state index contributed by atoms with van der Waals surface area (Å²) in [5.74, 6) is -0.442. The lowest BCUT2D eigenvalue weighted by molar-refractivity contribution is 0.390. The molecule has 0 amide bonds. The van der Waals surface area contributed by atoms with Gasteiger partial charge in [0.2, 0.25) is 0 Å². The van der Waals surface area contributed by atoms with Crippen LogP contribution in [0.4, 0.5) is 0 Å². The van der Waals surface area contributed by atoms with Crippen LogP contribution in [0.1, 0.15) is 11.1 Å². The van der Waals surface area contributed by atoms with Gasteiger partial charge >= 0.3 is 0 Å². The minimum atomic E-state index is -0.264. The van der Waals surface area contributed by atoms with E-state index in [1.165, 1.54) is 0 Å². The smallest absolute Gasteiger partial charge is 0.164 e. The van der Waals surface area contributed by atoms with E-state index in [0.717, 1.165) is 5.56 Å². The molecule has 88 valence electrons. The molecule has 0 bridgehead atoms. The van der Waals surface area contributed by atoms with Crippen molar-refractivity contribution in [2.75, 3.05) is 0 Å². The van der Waals surface area contributed by atoms with Gasteiger partial charge in [-0.15, -0.1) is 0 Å². The Kier molecular flexibility index (Phi) is 2.68. The summed E-state index contributed by atoms with van der Waals surface area (Å²) in [6.45, 7) is 3.23. The Labute approximate surface area is 99.6 Å². The quantitative estimate of drug-likeness (QED) is 0.521. The van der Waals surface area contributed by atoms with Crippen LogP contribution in [0.15, 0.2) is 30.3 Å². The van der Waals surface area contributed by atoms with E-state index in [-0.39, 0.29) is 22.8 Å². The molecular weight excluding hydrogens is 216 g/mol. The highest BCUT2D eigenvalue weighted by Gasteiger charge is 2.19. The lowest BCUT2D eigenvalue weighted by Crippen LogP contribution is -1.89. The van der Waals surface area contributed by atoms with Gasteiger partial charge in [-0.25, -0.2) is 0 Å². The molecule has 3 heteroatoms. The standard InChI is InChI=1S/C14H14O3/c1-8-11(10-6-4-3-5-7-10)12(15)9(2)14(17)13(8)16/h3-7,15-17H,1-2H3. The summed E-state index contributed by atoms with van der Waals surface area (Å²) in [5.41, 5.74) is 2.11. The molecule has 0 aliphatic heterocycles. The molecule has 2 rings (SSSR count). The topological polar surface area (TPSA) is 60.7 Å². The van der Waals surface area contributed by atoms with Crippen molar-refractivity contribution in [2.45, 2.75) is 13.8 Å². The summed E-state index contributed by atoms with van der Waals surface area (Å²) in [6, 6.07) is 9.28. The summed E-state index contributed by atoms with van der Waals surface area (Å²) in [6.07, 6.45) is 0. The fraction of sp³-hybridized carbons (Fsp3) is 0.143. The van der Waals surface area contributed by atoms with E-state index < -0.39 is 0 Å². The van der Waals surface area contributed by atoms with Gasteiger partial charge in [0.05, 0.1) is 0 Å². The van der Waals surface area contributed by atoms with Gasteiger partial charge in [0.15, 0.2) is 11.5 Å². The van der Waals surface area contributed by atoms with Crippen molar-refractivity contribution in [3.63, 3.8) is 0 Å². The van der Waals surface area contributed by atoms with Gasteiger partial charge in [0, 0.05) is 16.7 Å². The maximum absolute atomic E-state index is 10.1. The largest absolute Gasteiger partial charge is 0.507 e. The van der Waals surface area contributed by atoms with Crippen molar-refractivity contribution < 1.29 is 15.3 Å². The van der Waals surface area contributed by atoms with Gasteiger partial charge in [-0.2, -0.15) is 0 Å². The van der Waals surface area contributed by atoms with Crippen LogP contribution >= 0.6 is 0 Å². The van der Waals surface area contributed by atoms with E-state index in [1.807, 2.05) is 30.3 Å². The summed E-state index contributed by atoms with van der Waals surface area (Å²) in [5, 5.41) is 29.5. The highest BCUT2D eigenvalue weighted by atomic mass is 16.3. The Morgan fingerprint density at radius 2 is 1.24 bits per heavy atom. The van der Waals surface area contributed by atoms with Gasteiger partial charge in [-0.1, -0.05) is 30.3 Å². The molecule has 0 aliphatic carbocycles. The van der Waals surface area contributed by atoms with E-state index >= 15 is 0 Å². The van der Waals surface area contributed by atoms with Gasteiger partial charge in [0.1, 0.15) is 5.75 Å². The minimum Gasteiger partial charge on any atom is -0.507 e. The van der Waals surface area contributed by atoms with Crippen LogP contribution in [0.5, 0.6) is 17.2 Å². The van der Waals surface area contributed by atoms with Crippen LogP contribution in [0.3, 0.4) is 0 Å². The summed E-state index contributed by atoms with van der Waals surface area (Å²) in [7, 11) is 0. The molecule has 0 aliphatic rings. The third kappa shape index (κ3) is 1.69. The fourth-order valence-electron chi connectivity index (χ4n) is 1.91. The van der Waals surface area contributed by atoms with E-state index in [1.54, 1.807) is 13.8 Å². The number of hydrogen-bond donors (Lipinski definition) is 3. The summed E-state index contributed by atoms with van der Waals surface area (Å²) < 4.78 is 0. The first kappa shape index (κ1) is 11.3. The van der Waals surface area contributed by atoms with Crippen LogP contribution < -0.4 is 0 Å². The van der Waals surface area contributed by atoms with E-state index in [2.05, 4.69) is 0 Å². The molecule has 0 saturated carbocycles. The van der Waals surface area contributed by atoms with Gasteiger partial charge in [0.25, 0.3) is 0 Å². The average Bonchev–Trinajstić information content (AvgIpc) is 2.36.